The number of benzene rings is 2. The zero-order valence-corrected chi connectivity index (χ0v) is 12.1. The predicted molar refractivity (Wildman–Crippen MR) is 81.9 cm³/mol. The molecule has 2 aromatic rings. The maximum Gasteiger partial charge on any atom is 0.288 e. The normalized spacial score (nSPS) is 10.2. The number of hydrogen-bond donors (Lipinski definition) is 1. The molecular weight excluding hydrogens is 292 g/mol. The van der Waals surface area contributed by atoms with Gasteiger partial charge in [0.1, 0.15) is 5.02 Å². The number of aryl methyl sites for hydroxylation is 1. The molecule has 0 atom stereocenters. The summed E-state index contributed by atoms with van der Waals surface area (Å²) in [5, 5.41) is 13.5. The number of nitrogens with zero attached hydrogens (tertiary/aromatic N) is 1. The molecule has 0 aliphatic rings. The molecule has 108 valence electrons. The third-order valence-electron chi connectivity index (χ3n) is 3.03. The molecule has 0 bridgehead atoms. The lowest BCUT2D eigenvalue weighted by molar-refractivity contribution is -0.384. The first-order chi connectivity index (χ1) is 10.0. The van der Waals surface area contributed by atoms with E-state index in [4.69, 9.17) is 11.6 Å². The highest BCUT2D eigenvalue weighted by Gasteiger charge is 2.16. The number of halogens is 1. The summed E-state index contributed by atoms with van der Waals surface area (Å²) in [6.45, 7) is 2.04. The van der Waals surface area contributed by atoms with Gasteiger partial charge in [-0.15, -0.1) is 0 Å². The number of anilines is 1. The van der Waals surface area contributed by atoms with Crippen molar-refractivity contribution in [2.24, 2.45) is 0 Å². The molecule has 0 heterocycles. The first-order valence-electron chi connectivity index (χ1n) is 6.35. The Balaban J connectivity index is 2.19. The van der Waals surface area contributed by atoms with Crippen molar-refractivity contribution in [1.82, 2.24) is 0 Å². The fourth-order valence-electron chi connectivity index (χ4n) is 1.82. The summed E-state index contributed by atoms with van der Waals surface area (Å²) in [4.78, 5) is 22.3. The number of nitro groups is 1. The van der Waals surface area contributed by atoms with Crippen LogP contribution < -0.4 is 5.32 Å². The monoisotopic (exact) mass is 304 g/mol. The van der Waals surface area contributed by atoms with Crippen molar-refractivity contribution in [3.8, 4) is 0 Å². The lowest BCUT2D eigenvalue weighted by Crippen LogP contribution is -2.12. The summed E-state index contributed by atoms with van der Waals surface area (Å²) in [5.41, 5.74) is 1.70. The molecule has 0 spiro atoms. The minimum Gasteiger partial charge on any atom is -0.322 e. The Bertz CT molecular complexity index is 684. The van der Waals surface area contributed by atoms with E-state index in [1.807, 2.05) is 19.1 Å². The van der Waals surface area contributed by atoms with E-state index in [0.717, 1.165) is 18.1 Å². The van der Waals surface area contributed by atoms with Gasteiger partial charge in [-0.25, -0.2) is 0 Å². The Morgan fingerprint density at radius 3 is 2.48 bits per heavy atom. The molecule has 0 saturated carbocycles. The molecule has 5 nitrogen and oxygen atoms in total. The standard InChI is InChI=1S/C15H13ClN2O3/c1-2-10-3-6-12(7-4-10)17-15(19)11-5-8-13(16)14(9-11)18(20)21/h3-9H,2H2,1H3,(H,17,19). The van der Waals surface area contributed by atoms with E-state index in [0.29, 0.717) is 5.69 Å². The highest BCUT2D eigenvalue weighted by molar-refractivity contribution is 6.32. The molecule has 1 amide bonds. The van der Waals surface area contributed by atoms with Crippen LogP contribution >= 0.6 is 11.6 Å². The largest absolute Gasteiger partial charge is 0.322 e. The zero-order chi connectivity index (χ0) is 15.4. The SMILES string of the molecule is CCc1ccc(NC(=O)c2ccc(Cl)c([N+](=O)[O-])c2)cc1. The van der Waals surface area contributed by atoms with Gasteiger partial charge in [-0.05, 0) is 36.2 Å². The Morgan fingerprint density at radius 1 is 1.24 bits per heavy atom. The molecule has 6 heteroatoms. The van der Waals surface area contributed by atoms with Gasteiger partial charge < -0.3 is 5.32 Å². The van der Waals surface area contributed by atoms with Gasteiger partial charge in [0.2, 0.25) is 0 Å². The van der Waals surface area contributed by atoms with Crippen molar-refractivity contribution < 1.29 is 9.72 Å². The van der Waals surface area contributed by atoms with E-state index in [-0.39, 0.29) is 16.3 Å². The Morgan fingerprint density at radius 2 is 1.90 bits per heavy atom. The van der Waals surface area contributed by atoms with Crippen molar-refractivity contribution in [3.63, 3.8) is 0 Å². The minimum atomic E-state index is -0.616. The van der Waals surface area contributed by atoms with E-state index >= 15 is 0 Å². The molecule has 0 unspecified atom stereocenters. The van der Waals surface area contributed by atoms with Crippen molar-refractivity contribution >= 4 is 28.9 Å². The maximum absolute atomic E-state index is 12.1. The number of nitro benzene ring substituents is 1. The molecule has 1 N–H and O–H groups in total. The van der Waals surface area contributed by atoms with Gasteiger partial charge >= 0.3 is 0 Å². The van der Waals surface area contributed by atoms with Crippen LogP contribution in [0.1, 0.15) is 22.8 Å². The molecule has 2 rings (SSSR count). The minimum absolute atomic E-state index is 0.00356. The summed E-state index contributed by atoms with van der Waals surface area (Å²) in [5.74, 6) is -0.418. The summed E-state index contributed by atoms with van der Waals surface area (Å²) in [6, 6.07) is 11.4. The molecule has 0 saturated heterocycles. The van der Waals surface area contributed by atoms with Crippen LogP contribution in [0.4, 0.5) is 11.4 Å². The first-order valence-corrected chi connectivity index (χ1v) is 6.73. The molecule has 0 aromatic heterocycles. The number of nitrogens with one attached hydrogen (secondary N) is 1. The highest BCUT2D eigenvalue weighted by Crippen LogP contribution is 2.25. The van der Waals surface area contributed by atoms with Gasteiger partial charge in [-0.1, -0.05) is 30.7 Å². The van der Waals surface area contributed by atoms with Crippen LogP contribution in [-0.2, 0) is 6.42 Å². The molecule has 0 aliphatic heterocycles. The third-order valence-corrected chi connectivity index (χ3v) is 3.34. The smallest absolute Gasteiger partial charge is 0.288 e. The molecule has 21 heavy (non-hydrogen) atoms. The number of rotatable bonds is 4. The Hall–Kier alpha value is -2.40. The second-order valence-electron chi connectivity index (χ2n) is 4.43. The molecule has 0 fully saturated rings. The van der Waals surface area contributed by atoms with Crippen molar-refractivity contribution in [2.45, 2.75) is 13.3 Å². The lowest BCUT2D eigenvalue weighted by Gasteiger charge is -2.06. The van der Waals surface area contributed by atoms with Crippen LogP contribution in [0.5, 0.6) is 0 Å². The quantitative estimate of drug-likeness (QED) is 0.683. The van der Waals surface area contributed by atoms with Crippen LogP contribution in [-0.4, -0.2) is 10.8 Å². The molecule has 2 aromatic carbocycles. The van der Waals surface area contributed by atoms with Crippen molar-refractivity contribution in [3.05, 3.63) is 68.7 Å². The van der Waals surface area contributed by atoms with Gasteiger partial charge in [0, 0.05) is 17.3 Å². The van der Waals surface area contributed by atoms with Crippen LogP contribution in [0, 0.1) is 10.1 Å². The van der Waals surface area contributed by atoms with E-state index in [9.17, 15) is 14.9 Å². The molecule has 0 aliphatic carbocycles. The van der Waals surface area contributed by atoms with Crippen molar-refractivity contribution in [1.29, 1.82) is 0 Å². The zero-order valence-electron chi connectivity index (χ0n) is 11.3. The number of carbonyl (C=O) groups is 1. The van der Waals surface area contributed by atoms with Crippen LogP contribution in [0.3, 0.4) is 0 Å². The van der Waals surface area contributed by atoms with Crippen molar-refractivity contribution in [2.75, 3.05) is 5.32 Å². The van der Waals surface area contributed by atoms with Gasteiger partial charge in [0.15, 0.2) is 0 Å². The summed E-state index contributed by atoms with van der Waals surface area (Å²) >= 11 is 5.72. The summed E-state index contributed by atoms with van der Waals surface area (Å²) in [7, 11) is 0. The lowest BCUT2D eigenvalue weighted by atomic mass is 10.1. The average Bonchev–Trinajstić information content (AvgIpc) is 2.48. The predicted octanol–water partition coefficient (Wildman–Crippen LogP) is 4.06. The van der Waals surface area contributed by atoms with Gasteiger partial charge in [-0.3, -0.25) is 14.9 Å². The first kappa shape index (κ1) is 15.0. The van der Waals surface area contributed by atoms with E-state index in [2.05, 4.69) is 5.32 Å². The molecular formula is C15H13ClN2O3. The van der Waals surface area contributed by atoms with E-state index < -0.39 is 10.8 Å². The van der Waals surface area contributed by atoms with E-state index in [1.54, 1.807) is 12.1 Å². The highest BCUT2D eigenvalue weighted by atomic mass is 35.5. The number of hydrogen-bond acceptors (Lipinski definition) is 3. The number of amides is 1. The van der Waals surface area contributed by atoms with E-state index in [1.165, 1.54) is 12.1 Å². The fourth-order valence-corrected chi connectivity index (χ4v) is 2.01. The van der Waals surface area contributed by atoms with Gasteiger partial charge in [0.25, 0.3) is 11.6 Å². The second-order valence-corrected chi connectivity index (χ2v) is 4.84. The van der Waals surface area contributed by atoms with Crippen LogP contribution in [0.2, 0.25) is 5.02 Å². The topological polar surface area (TPSA) is 72.2 Å². The fraction of sp³-hybridized carbons (Fsp3) is 0.133. The molecule has 0 radical (unpaired) electrons. The van der Waals surface area contributed by atoms with Crippen LogP contribution in [0.15, 0.2) is 42.5 Å². The number of carbonyl (C=O) groups excluding carboxylic acids is 1. The summed E-state index contributed by atoms with van der Waals surface area (Å²) < 4.78 is 0. The Kier molecular flexibility index (Phi) is 4.55. The second kappa shape index (κ2) is 6.37. The van der Waals surface area contributed by atoms with Crippen LogP contribution in [0.25, 0.3) is 0 Å². The summed E-state index contributed by atoms with van der Waals surface area (Å²) in [6.07, 6.45) is 0.914. The average molecular weight is 305 g/mol. The van der Waals surface area contributed by atoms with Gasteiger partial charge in [-0.2, -0.15) is 0 Å². The van der Waals surface area contributed by atoms with Gasteiger partial charge in [0.05, 0.1) is 4.92 Å². The maximum atomic E-state index is 12.1. The third kappa shape index (κ3) is 3.58. The Labute approximate surface area is 126 Å².